The number of nitrogens with zero attached hydrogens (tertiary/aromatic N) is 5. The van der Waals surface area contributed by atoms with Gasteiger partial charge in [-0.25, -0.2) is 4.98 Å². The molecule has 2 aromatic heterocycles. The van der Waals surface area contributed by atoms with Crippen LogP contribution in [-0.4, -0.2) is 62.6 Å². The van der Waals surface area contributed by atoms with Gasteiger partial charge < -0.3 is 10.1 Å². The molecule has 0 radical (unpaired) electrons. The molecule has 8 heteroatoms. The Morgan fingerprint density at radius 2 is 2.04 bits per heavy atom. The van der Waals surface area contributed by atoms with E-state index in [1.54, 1.807) is 10.9 Å². The molecule has 1 amide bonds. The highest BCUT2D eigenvalue weighted by atomic mass is 16.5. The molecule has 3 aromatic rings. The number of fused-ring (bicyclic) bond motifs is 3. The molecule has 1 N–H and O–H groups in total. The number of morpholine rings is 1. The summed E-state index contributed by atoms with van der Waals surface area (Å²) in [7, 11) is 1.84. The third kappa shape index (κ3) is 3.25. The van der Waals surface area contributed by atoms with E-state index in [1.165, 1.54) is 0 Å². The zero-order chi connectivity index (χ0) is 19.1. The number of aromatic nitrogens is 4. The van der Waals surface area contributed by atoms with E-state index in [9.17, 15) is 4.79 Å². The molecule has 2 saturated heterocycles. The van der Waals surface area contributed by atoms with Gasteiger partial charge in [0.15, 0.2) is 0 Å². The average Bonchev–Trinajstić information content (AvgIpc) is 3.20. The van der Waals surface area contributed by atoms with Gasteiger partial charge in [-0.1, -0.05) is 17.3 Å². The zero-order valence-electron chi connectivity index (χ0n) is 15.7. The largest absolute Gasteiger partial charge is 0.378 e. The van der Waals surface area contributed by atoms with Crippen LogP contribution in [0.3, 0.4) is 0 Å². The van der Waals surface area contributed by atoms with E-state index in [4.69, 9.17) is 4.74 Å². The monoisotopic (exact) mass is 378 g/mol. The summed E-state index contributed by atoms with van der Waals surface area (Å²) in [6.45, 7) is 1.84. The number of rotatable bonds is 4. The Labute approximate surface area is 162 Å². The van der Waals surface area contributed by atoms with E-state index < -0.39 is 0 Å². The number of ether oxygens (including phenoxy) is 1. The highest BCUT2D eigenvalue weighted by Gasteiger charge is 2.38. The third-order valence-corrected chi connectivity index (χ3v) is 5.61. The van der Waals surface area contributed by atoms with Crippen LogP contribution in [0.15, 0.2) is 36.7 Å². The normalized spacial score (nSPS) is 21.9. The second-order valence-electron chi connectivity index (χ2n) is 7.55. The van der Waals surface area contributed by atoms with Gasteiger partial charge in [-0.3, -0.25) is 14.4 Å². The van der Waals surface area contributed by atoms with E-state index in [0.717, 1.165) is 48.1 Å². The maximum atomic E-state index is 12.6. The van der Waals surface area contributed by atoms with Gasteiger partial charge in [-0.05, 0) is 30.4 Å². The first kappa shape index (κ1) is 17.3. The maximum absolute atomic E-state index is 12.6. The molecule has 0 aliphatic carbocycles. The van der Waals surface area contributed by atoms with Gasteiger partial charge in [0, 0.05) is 36.3 Å². The van der Waals surface area contributed by atoms with Crippen molar-refractivity contribution in [2.24, 2.45) is 7.05 Å². The number of anilines is 1. The number of pyridine rings is 1. The standard InChI is InChI=1S/C20H22N6O2/c1-25-9-18(23-24-25)13-2-3-14-8-21-19(7-15(14)6-13)22-20(27)10-26-16-4-5-17(26)12-28-11-16/h2-3,6-9,16-17H,4-5,10-12H2,1H3,(H,21,22,27). The molecule has 0 spiro atoms. The summed E-state index contributed by atoms with van der Waals surface area (Å²) in [5.41, 5.74) is 1.79. The van der Waals surface area contributed by atoms with Gasteiger partial charge >= 0.3 is 0 Å². The molecular formula is C20H22N6O2. The van der Waals surface area contributed by atoms with Crippen molar-refractivity contribution in [2.45, 2.75) is 24.9 Å². The van der Waals surface area contributed by atoms with Crippen LogP contribution in [0, 0.1) is 0 Å². The number of benzene rings is 1. The molecular weight excluding hydrogens is 356 g/mol. The second kappa shape index (κ2) is 6.96. The number of amides is 1. The van der Waals surface area contributed by atoms with E-state index in [1.807, 2.05) is 37.5 Å². The van der Waals surface area contributed by atoms with E-state index >= 15 is 0 Å². The van der Waals surface area contributed by atoms with Gasteiger partial charge in [-0.15, -0.1) is 5.10 Å². The number of hydrogen-bond donors (Lipinski definition) is 1. The van der Waals surface area contributed by atoms with Crippen LogP contribution in [0.5, 0.6) is 0 Å². The summed E-state index contributed by atoms with van der Waals surface area (Å²) in [6, 6.07) is 8.68. The van der Waals surface area contributed by atoms with E-state index in [-0.39, 0.29) is 5.91 Å². The fourth-order valence-corrected chi connectivity index (χ4v) is 4.17. The van der Waals surface area contributed by atoms with Crippen LogP contribution < -0.4 is 5.32 Å². The summed E-state index contributed by atoms with van der Waals surface area (Å²) in [4.78, 5) is 19.2. The molecule has 2 aliphatic rings. The summed E-state index contributed by atoms with van der Waals surface area (Å²) in [5, 5.41) is 13.1. The fraction of sp³-hybridized carbons (Fsp3) is 0.400. The Morgan fingerprint density at radius 1 is 1.21 bits per heavy atom. The first-order valence-corrected chi connectivity index (χ1v) is 9.55. The third-order valence-electron chi connectivity index (χ3n) is 5.61. The second-order valence-corrected chi connectivity index (χ2v) is 7.55. The van der Waals surface area contributed by atoms with Gasteiger partial charge in [0.25, 0.3) is 0 Å². The maximum Gasteiger partial charge on any atom is 0.239 e. The lowest BCUT2D eigenvalue weighted by Gasteiger charge is -2.33. The molecule has 28 heavy (non-hydrogen) atoms. The molecule has 4 heterocycles. The molecule has 2 atom stereocenters. The van der Waals surface area contributed by atoms with Gasteiger partial charge in [0.05, 0.1) is 26.0 Å². The van der Waals surface area contributed by atoms with Crippen LogP contribution in [0.2, 0.25) is 0 Å². The number of hydrogen-bond acceptors (Lipinski definition) is 6. The van der Waals surface area contributed by atoms with E-state index in [0.29, 0.717) is 24.4 Å². The Balaban J connectivity index is 1.33. The molecule has 1 aromatic carbocycles. The Bertz CT molecular complexity index is 1020. The van der Waals surface area contributed by atoms with Crippen molar-refractivity contribution in [3.63, 3.8) is 0 Å². The highest BCUT2D eigenvalue weighted by molar-refractivity contribution is 5.94. The van der Waals surface area contributed by atoms with Crippen molar-refractivity contribution >= 4 is 22.5 Å². The number of nitrogens with one attached hydrogen (secondary N) is 1. The molecule has 2 aliphatic heterocycles. The van der Waals surface area contributed by atoms with Crippen LogP contribution in [0.1, 0.15) is 12.8 Å². The smallest absolute Gasteiger partial charge is 0.239 e. The van der Waals surface area contributed by atoms with Gasteiger partial charge in [0.1, 0.15) is 11.5 Å². The lowest BCUT2D eigenvalue weighted by Crippen LogP contribution is -2.48. The summed E-state index contributed by atoms with van der Waals surface area (Å²) in [5.74, 6) is 0.533. The topological polar surface area (TPSA) is 85.2 Å². The first-order chi connectivity index (χ1) is 13.7. The number of carbonyl (C=O) groups is 1. The zero-order valence-corrected chi connectivity index (χ0v) is 15.7. The minimum absolute atomic E-state index is 0.0317. The molecule has 5 rings (SSSR count). The fourth-order valence-electron chi connectivity index (χ4n) is 4.17. The predicted molar refractivity (Wildman–Crippen MR) is 105 cm³/mol. The van der Waals surface area contributed by atoms with Crippen LogP contribution >= 0.6 is 0 Å². The van der Waals surface area contributed by atoms with Gasteiger partial charge in [-0.2, -0.15) is 0 Å². The molecule has 8 nitrogen and oxygen atoms in total. The van der Waals surface area contributed by atoms with Crippen LogP contribution in [-0.2, 0) is 16.6 Å². The summed E-state index contributed by atoms with van der Waals surface area (Å²) >= 11 is 0. The van der Waals surface area contributed by atoms with Crippen molar-refractivity contribution in [1.29, 1.82) is 0 Å². The lowest BCUT2D eigenvalue weighted by atomic mass is 10.1. The Morgan fingerprint density at radius 3 is 2.79 bits per heavy atom. The molecule has 2 bridgehead atoms. The van der Waals surface area contributed by atoms with Crippen molar-refractivity contribution < 1.29 is 9.53 Å². The minimum atomic E-state index is -0.0317. The minimum Gasteiger partial charge on any atom is -0.378 e. The van der Waals surface area contributed by atoms with Crippen LogP contribution in [0.4, 0.5) is 5.82 Å². The average molecular weight is 378 g/mol. The SMILES string of the molecule is Cn1cc(-c2ccc3cnc(NC(=O)CN4C5CCC4COC5)cc3c2)nn1. The highest BCUT2D eigenvalue weighted by Crippen LogP contribution is 2.28. The van der Waals surface area contributed by atoms with E-state index in [2.05, 4.69) is 25.5 Å². The predicted octanol–water partition coefficient (Wildman–Crippen LogP) is 1.83. The van der Waals surface area contributed by atoms with Gasteiger partial charge in [0.2, 0.25) is 5.91 Å². The van der Waals surface area contributed by atoms with Crippen LogP contribution in [0.25, 0.3) is 22.0 Å². The van der Waals surface area contributed by atoms with Crippen molar-refractivity contribution in [3.8, 4) is 11.3 Å². The first-order valence-electron chi connectivity index (χ1n) is 9.55. The van der Waals surface area contributed by atoms with Crippen molar-refractivity contribution in [1.82, 2.24) is 24.9 Å². The number of carbonyl (C=O) groups excluding carboxylic acids is 1. The summed E-state index contributed by atoms with van der Waals surface area (Å²) in [6.07, 6.45) is 5.88. The van der Waals surface area contributed by atoms with Crippen molar-refractivity contribution in [3.05, 3.63) is 36.7 Å². The summed E-state index contributed by atoms with van der Waals surface area (Å²) < 4.78 is 7.26. The van der Waals surface area contributed by atoms with Crippen molar-refractivity contribution in [2.75, 3.05) is 25.1 Å². The lowest BCUT2D eigenvalue weighted by molar-refractivity contribution is -0.120. The number of aryl methyl sites for hydroxylation is 1. The quantitative estimate of drug-likeness (QED) is 0.746. The molecule has 144 valence electrons. The Hall–Kier alpha value is -2.84. The molecule has 2 fully saturated rings. The Kier molecular flexibility index (Phi) is 4.29. The molecule has 2 unspecified atom stereocenters. The molecule has 0 saturated carbocycles.